The molecule has 0 fully saturated rings. The number of rotatable bonds is 7. The second kappa shape index (κ2) is 10.7. The minimum atomic E-state index is -0.651. The quantitative estimate of drug-likeness (QED) is 0.451. The molecule has 2 amide bonds. The average molecular weight is 345 g/mol. The number of urea groups is 1. The number of para-hydroxylation sites is 1. The summed E-state index contributed by atoms with van der Waals surface area (Å²) in [4.78, 5) is 23.8. The predicted octanol–water partition coefficient (Wildman–Crippen LogP) is 2.97. The van der Waals surface area contributed by atoms with Crippen LogP contribution in [-0.4, -0.2) is 35.7 Å². The van der Waals surface area contributed by atoms with E-state index >= 15 is 0 Å². The van der Waals surface area contributed by atoms with Gasteiger partial charge < -0.3 is 10.1 Å². The Morgan fingerprint density at radius 2 is 1.76 bits per heavy atom. The number of carbonyl (C=O) groups excluding carboxylic acids is 2. The monoisotopic (exact) mass is 345 g/mol. The fourth-order valence-electron chi connectivity index (χ4n) is 1.53. The van der Waals surface area contributed by atoms with Crippen molar-refractivity contribution in [1.82, 2.24) is 5.43 Å². The first-order chi connectivity index (χ1) is 12.0. The van der Waals surface area contributed by atoms with Gasteiger partial charge in [-0.2, -0.15) is 10.2 Å². The van der Waals surface area contributed by atoms with E-state index < -0.39 is 12.0 Å². The smallest absolute Gasteiger partial charge is 0.360 e. The number of esters is 1. The van der Waals surface area contributed by atoms with Gasteiger partial charge in [-0.15, -0.1) is 5.10 Å². The largest absolute Gasteiger partial charge is 0.461 e. The Kier molecular flexibility index (Phi) is 8.56. The molecule has 2 N–H and O–H groups in total. The molecule has 0 unspecified atom stereocenters. The maximum atomic E-state index is 12.0. The number of anilines is 1. The maximum Gasteiger partial charge on any atom is 0.360 e. The molecular formula is C17H23N5O3. The Morgan fingerprint density at radius 1 is 1.08 bits per heavy atom. The molecule has 0 aliphatic heterocycles. The van der Waals surface area contributed by atoms with Gasteiger partial charge in [0.2, 0.25) is 0 Å². The van der Waals surface area contributed by atoms with Crippen LogP contribution in [0.1, 0.15) is 34.1 Å². The van der Waals surface area contributed by atoms with E-state index in [1.54, 1.807) is 38.1 Å². The molecule has 0 atom stereocenters. The van der Waals surface area contributed by atoms with Gasteiger partial charge in [-0.1, -0.05) is 25.1 Å². The molecule has 1 aromatic rings. The molecule has 0 aliphatic rings. The first-order valence-electron chi connectivity index (χ1n) is 7.92. The van der Waals surface area contributed by atoms with Gasteiger partial charge in [0.05, 0.1) is 12.3 Å². The molecule has 25 heavy (non-hydrogen) atoms. The van der Waals surface area contributed by atoms with Crippen LogP contribution in [0.4, 0.5) is 10.5 Å². The van der Waals surface area contributed by atoms with Crippen molar-refractivity contribution in [3.8, 4) is 0 Å². The lowest BCUT2D eigenvalue weighted by atomic mass is 10.2. The molecule has 0 heterocycles. The van der Waals surface area contributed by atoms with Gasteiger partial charge >= 0.3 is 12.0 Å². The minimum absolute atomic E-state index is 0.0605. The summed E-state index contributed by atoms with van der Waals surface area (Å²) < 4.78 is 4.95. The van der Waals surface area contributed by atoms with Crippen molar-refractivity contribution in [2.24, 2.45) is 15.3 Å². The van der Waals surface area contributed by atoms with Gasteiger partial charge in [-0.25, -0.2) is 15.0 Å². The van der Waals surface area contributed by atoms with Crippen molar-refractivity contribution in [2.75, 3.05) is 11.9 Å². The molecule has 0 radical (unpaired) electrons. The molecule has 134 valence electrons. The van der Waals surface area contributed by atoms with Gasteiger partial charge in [-0.05, 0) is 39.3 Å². The summed E-state index contributed by atoms with van der Waals surface area (Å²) in [5, 5.41) is 14.3. The number of ether oxygens (including phenoxy) is 1. The third-order valence-electron chi connectivity index (χ3n) is 3.00. The number of carbonyl (C=O) groups is 2. The Morgan fingerprint density at radius 3 is 2.36 bits per heavy atom. The summed E-state index contributed by atoms with van der Waals surface area (Å²) in [6, 6.07) is 8.37. The van der Waals surface area contributed by atoms with Crippen molar-refractivity contribution in [2.45, 2.75) is 34.1 Å². The van der Waals surface area contributed by atoms with Gasteiger partial charge in [0, 0.05) is 11.4 Å². The molecule has 0 saturated carbocycles. The van der Waals surface area contributed by atoms with Crippen LogP contribution in [-0.2, 0) is 9.53 Å². The van der Waals surface area contributed by atoms with E-state index in [2.05, 4.69) is 26.0 Å². The van der Waals surface area contributed by atoms with Crippen LogP contribution in [0.15, 0.2) is 45.6 Å². The Labute approximate surface area is 147 Å². The Balaban J connectivity index is 2.84. The molecule has 0 aliphatic carbocycles. The highest BCUT2D eigenvalue weighted by atomic mass is 16.5. The fraction of sp³-hybridized carbons (Fsp3) is 0.353. The normalized spacial score (nSPS) is 12.6. The van der Waals surface area contributed by atoms with E-state index in [1.165, 1.54) is 6.92 Å². The number of amides is 2. The fourth-order valence-corrected chi connectivity index (χ4v) is 1.53. The van der Waals surface area contributed by atoms with Crippen LogP contribution < -0.4 is 10.7 Å². The van der Waals surface area contributed by atoms with Crippen LogP contribution in [0.5, 0.6) is 0 Å². The first kappa shape index (κ1) is 20.0. The zero-order chi connectivity index (χ0) is 18.7. The van der Waals surface area contributed by atoms with E-state index in [4.69, 9.17) is 4.74 Å². The van der Waals surface area contributed by atoms with Crippen LogP contribution >= 0.6 is 0 Å². The van der Waals surface area contributed by atoms with E-state index in [9.17, 15) is 9.59 Å². The molecule has 0 bridgehead atoms. The molecule has 8 heteroatoms. The number of nitrogens with one attached hydrogen (secondary N) is 2. The summed E-state index contributed by atoms with van der Waals surface area (Å²) in [5.41, 5.74) is 3.81. The van der Waals surface area contributed by atoms with E-state index in [1.807, 2.05) is 13.0 Å². The number of nitrogens with zero attached hydrogens (tertiary/aromatic N) is 3. The van der Waals surface area contributed by atoms with Crippen molar-refractivity contribution >= 4 is 34.8 Å². The number of hydrogen-bond acceptors (Lipinski definition) is 6. The van der Waals surface area contributed by atoms with Gasteiger partial charge in [0.1, 0.15) is 0 Å². The van der Waals surface area contributed by atoms with Crippen LogP contribution in [0.25, 0.3) is 0 Å². The van der Waals surface area contributed by atoms with E-state index in [-0.39, 0.29) is 18.0 Å². The Hall–Kier alpha value is -3.03. The zero-order valence-electron chi connectivity index (χ0n) is 14.9. The van der Waals surface area contributed by atoms with Crippen LogP contribution in [0.2, 0.25) is 0 Å². The summed E-state index contributed by atoms with van der Waals surface area (Å²) >= 11 is 0. The summed E-state index contributed by atoms with van der Waals surface area (Å²) in [6.07, 6.45) is 0.702. The molecule has 0 aromatic heterocycles. The number of hydrazone groups is 1. The van der Waals surface area contributed by atoms with Gasteiger partial charge in [0.15, 0.2) is 5.71 Å². The molecular weight excluding hydrogens is 322 g/mol. The lowest BCUT2D eigenvalue weighted by Gasteiger charge is -2.06. The summed E-state index contributed by atoms with van der Waals surface area (Å²) in [7, 11) is 0. The molecule has 0 saturated heterocycles. The molecule has 1 aromatic carbocycles. The highest BCUT2D eigenvalue weighted by molar-refractivity contribution is 6.65. The van der Waals surface area contributed by atoms with Crippen molar-refractivity contribution in [3.05, 3.63) is 30.3 Å². The first-order valence-corrected chi connectivity index (χ1v) is 7.92. The summed E-state index contributed by atoms with van der Waals surface area (Å²) in [6.45, 7) is 7.14. The highest BCUT2D eigenvalue weighted by Crippen LogP contribution is 2.04. The third-order valence-corrected chi connectivity index (χ3v) is 3.00. The second-order valence-electron chi connectivity index (χ2n) is 4.99. The van der Waals surface area contributed by atoms with Crippen molar-refractivity contribution in [1.29, 1.82) is 0 Å². The average Bonchev–Trinajstić information content (AvgIpc) is 2.61. The van der Waals surface area contributed by atoms with Crippen molar-refractivity contribution < 1.29 is 14.3 Å². The van der Waals surface area contributed by atoms with Gasteiger partial charge in [0.25, 0.3) is 0 Å². The zero-order valence-corrected chi connectivity index (χ0v) is 14.9. The predicted molar refractivity (Wildman–Crippen MR) is 99.2 cm³/mol. The second-order valence-corrected chi connectivity index (χ2v) is 4.99. The standard InChI is InChI=1S/C17H23N5O3/c1-5-12(3)19-21-15(16(23)25-6-2)13(4)20-22-17(24)18-14-10-8-7-9-11-14/h7-11H,5-6H2,1-4H3,(H2,18,22,24)/b19-12+,20-13+,21-15-. The molecule has 0 spiro atoms. The SMILES string of the molecule is CCOC(=O)C(=N\N=C(/C)CC)/C(C)=N/NC(=O)Nc1ccccc1. The Bertz CT molecular complexity index is 681. The molecule has 8 nitrogen and oxygen atoms in total. The van der Waals surface area contributed by atoms with E-state index in [0.717, 1.165) is 5.71 Å². The van der Waals surface area contributed by atoms with Crippen LogP contribution in [0, 0.1) is 0 Å². The molecule has 1 rings (SSSR count). The lowest BCUT2D eigenvalue weighted by molar-refractivity contribution is -0.134. The van der Waals surface area contributed by atoms with Gasteiger partial charge in [-0.3, -0.25) is 0 Å². The number of hydrogen-bond donors (Lipinski definition) is 2. The summed E-state index contributed by atoms with van der Waals surface area (Å²) in [5.74, 6) is -0.651. The topological polar surface area (TPSA) is 105 Å². The number of benzene rings is 1. The third kappa shape index (κ3) is 7.38. The van der Waals surface area contributed by atoms with Crippen LogP contribution in [0.3, 0.4) is 0 Å². The van der Waals surface area contributed by atoms with E-state index in [0.29, 0.717) is 12.1 Å². The maximum absolute atomic E-state index is 12.0. The van der Waals surface area contributed by atoms with Crippen molar-refractivity contribution in [3.63, 3.8) is 0 Å². The lowest BCUT2D eigenvalue weighted by Crippen LogP contribution is -2.30. The highest BCUT2D eigenvalue weighted by Gasteiger charge is 2.17. The minimum Gasteiger partial charge on any atom is -0.461 e.